The number of unbranched alkanes of at least 4 members (excludes halogenated alkanes) is 1. The van der Waals surface area contributed by atoms with E-state index < -0.39 is 0 Å². The van der Waals surface area contributed by atoms with Crippen molar-refractivity contribution >= 4 is 18.5 Å². The van der Waals surface area contributed by atoms with Gasteiger partial charge in [0.05, 0.1) is 0 Å². The van der Waals surface area contributed by atoms with Crippen LogP contribution in [0.25, 0.3) is 0 Å². The molecule has 0 aliphatic heterocycles. The van der Waals surface area contributed by atoms with E-state index in [-0.39, 0.29) is 5.91 Å². The van der Waals surface area contributed by atoms with Crippen LogP contribution in [0.2, 0.25) is 0 Å². The Labute approximate surface area is 74.2 Å². The predicted octanol–water partition coefficient (Wildman–Crippen LogP) is 1.61. The molecule has 2 nitrogen and oxygen atoms in total. The first-order chi connectivity index (χ1) is 5.31. The molecule has 0 spiro atoms. The summed E-state index contributed by atoms with van der Waals surface area (Å²) in [5.41, 5.74) is 0. The molecule has 1 amide bonds. The average Bonchev–Trinajstić information content (AvgIpc) is 2.01. The van der Waals surface area contributed by atoms with E-state index in [1.807, 2.05) is 6.92 Å². The molecule has 0 saturated carbocycles. The van der Waals surface area contributed by atoms with E-state index in [1.165, 1.54) is 0 Å². The van der Waals surface area contributed by atoms with Crippen LogP contribution in [0, 0.1) is 0 Å². The first kappa shape index (κ1) is 10.8. The van der Waals surface area contributed by atoms with Crippen molar-refractivity contribution in [3.63, 3.8) is 0 Å². The smallest absolute Gasteiger partial charge is 0.219 e. The molecule has 0 aromatic heterocycles. The summed E-state index contributed by atoms with van der Waals surface area (Å²) in [7, 11) is 0. The van der Waals surface area contributed by atoms with Crippen LogP contribution in [0.3, 0.4) is 0 Å². The molecule has 0 fully saturated rings. The van der Waals surface area contributed by atoms with E-state index in [1.54, 1.807) is 0 Å². The normalized spacial score (nSPS) is 9.64. The number of hydrogen-bond acceptors (Lipinski definition) is 2. The van der Waals surface area contributed by atoms with Crippen LogP contribution in [0.5, 0.6) is 0 Å². The Kier molecular flexibility index (Phi) is 7.79. The number of thiol groups is 1. The molecule has 11 heavy (non-hydrogen) atoms. The third-order valence-corrected chi connectivity index (χ3v) is 1.70. The predicted molar refractivity (Wildman–Crippen MR) is 51.0 cm³/mol. The van der Waals surface area contributed by atoms with Crippen LogP contribution >= 0.6 is 12.6 Å². The van der Waals surface area contributed by atoms with Crippen LogP contribution < -0.4 is 5.32 Å². The van der Waals surface area contributed by atoms with Gasteiger partial charge < -0.3 is 5.32 Å². The highest BCUT2D eigenvalue weighted by molar-refractivity contribution is 7.80. The number of carbonyl (C=O) groups excluding carboxylic acids is 1. The third-order valence-electron chi connectivity index (χ3n) is 1.38. The Balaban J connectivity index is 3.09. The second-order valence-corrected chi connectivity index (χ2v) is 2.98. The van der Waals surface area contributed by atoms with Crippen molar-refractivity contribution in [1.82, 2.24) is 5.32 Å². The van der Waals surface area contributed by atoms with Gasteiger partial charge in [0, 0.05) is 13.0 Å². The lowest BCUT2D eigenvalue weighted by molar-refractivity contribution is -0.121. The fourth-order valence-corrected chi connectivity index (χ4v) is 0.974. The zero-order valence-electron chi connectivity index (χ0n) is 7.10. The minimum atomic E-state index is 0.175. The number of nitrogens with one attached hydrogen (secondary N) is 1. The molecule has 0 unspecified atom stereocenters. The second-order valence-electron chi connectivity index (χ2n) is 2.53. The van der Waals surface area contributed by atoms with Crippen molar-refractivity contribution in [1.29, 1.82) is 0 Å². The molecule has 0 atom stereocenters. The summed E-state index contributed by atoms with van der Waals surface area (Å²) in [4.78, 5) is 10.9. The van der Waals surface area contributed by atoms with E-state index in [2.05, 4.69) is 17.9 Å². The van der Waals surface area contributed by atoms with Gasteiger partial charge in [0.25, 0.3) is 0 Å². The number of rotatable bonds is 6. The van der Waals surface area contributed by atoms with E-state index in [4.69, 9.17) is 0 Å². The van der Waals surface area contributed by atoms with Gasteiger partial charge in [-0.2, -0.15) is 12.6 Å². The van der Waals surface area contributed by atoms with E-state index in [9.17, 15) is 4.79 Å². The van der Waals surface area contributed by atoms with Gasteiger partial charge in [0.15, 0.2) is 0 Å². The second kappa shape index (κ2) is 7.92. The zero-order valence-corrected chi connectivity index (χ0v) is 7.99. The van der Waals surface area contributed by atoms with E-state index >= 15 is 0 Å². The van der Waals surface area contributed by atoms with Crippen molar-refractivity contribution in [3.8, 4) is 0 Å². The molecule has 0 radical (unpaired) electrons. The molecule has 0 aromatic rings. The van der Waals surface area contributed by atoms with Gasteiger partial charge in [-0.25, -0.2) is 0 Å². The fraction of sp³-hybridized carbons (Fsp3) is 0.875. The summed E-state index contributed by atoms with van der Waals surface area (Å²) in [6.45, 7) is 2.85. The van der Waals surface area contributed by atoms with Gasteiger partial charge in [-0.1, -0.05) is 6.92 Å². The molecule has 0 rings (SSSR count). The highest BCUT2D eigenvalue weighted by Crippen LogP contribution is 1.96. The quantitative estimate of drug-likeness (QED) is 0.466. The van der Waals surface area contributed by atoms with Crippen molar-refractivity contribution in [2.75, 3.05) is 12.3 Å². The van der Waals surface area contributed by atoms with Crippen LogP contribution in [-0.2, 0) is 4.79 Å². The van der Waals surface area contributed by atoms with Gasteiger partial charge in [-0.05, 0) is 25.0 Å². The molecule has 66 valence electrons. The lowest BCUT2D eigenvalue weighted by Gasteiger charge is -2.01. The molecule has 3 heteroatoms. The summed E-state index contributed by atoms with van der Waals surface area (Å²) in [6.07, 6.45) is 3.65. The molecule has 1 N–H and O–H groups in total. The summed E-state index contributed by atoms with van der Waals surface area (Å²) in [5, 5.41) is 2.83. The molecule has 0 saturated heterocycles. The van der Waals surface area contributed by atoms with Crippen LogP contribution in [0.1, 0.15) is 32.6 Å². The SMILES string of the molecule is CCCNC(=O)CCCCS. The summed E-state index contributed by atoms with van der Waals surface area (Å²) < 4.78 is 0. The van der Waals surface area contributed by atoms with Crippen molar-refractivity contribution in [3.05, 3.63) is 0 Å². The Morgan fingerprint density at radius 3 is 2.73 bits per heavy atom. The van der Waals surface area contributed by atoms with E-state index in [0.717, 1.165) is 31.6 Å². The molecule has 0 aliphatic rings. The minimum Gasteiger partial charge on any atom is -0.356 e. The first-order valence-corrected chi connectivity index (χ1v) is 4.82. The lowest BCUT2D eigenvalue weighted by atomic mass is 10.2. The number of carbonyl (C=O) groups is 1. The fourth-order valence-electron chi connectivity index (χ4n) is 0.750. The number of amides is 1. The monoisotopic (exact) mass is 175 g/mol. The maximum atomic E-state index is 10.9. The number of hydrogen-bond donors (Lipinski definition) is 2. The molecular weight excluding hydrogens is 158 g/mol. The Morgan fingerprint density at radius 1 is 1.45 bits per heavy atom. The molecule has 0 aliphatic carbocycles. The van der Waals surface area contributed by atoms with Gasteiger partial charge in [-0.15, -0.1) is 0 Å². The van der Waals surface area contributed by atoms with Crippen LogP contribution in [0.4, 0.5) is 0 Å². The zero-order chi connectivity index (χ0) is 8.53. The summed E-state index contributed by atoms with van der Waals surface area (Å²) in [5.74, 6) is 1.05. The van der Waals surface area contributed by atoms with Gasteiger partial charge in [0.2, 0.25) is 5.91 Å². The molecular formula is C8H17NOS. The van der Waals surface area contributed by atoms with Crippen molar-refractivity contribution < 1.29 is 4.79 Å². The van der Waals surface area contributed by atoms with Crippen molar-refractivity contribution in [2.24, 2.45) is 0 Å². The van der Waals surface area contributed by atoms with Crippen molar-refractivity contribution in [2.45, 2.75) is 32.6 Å². The average molecular weight is 175 g/mol. The maximum absolute atomic E-state index is 10.9. The molecule has 0 bridgehead atoms. The molecule has 0 heterocycles. The summed E-state index contributed by atoms with van der Waals surface area (Å²) >= 11 is 4.06. The molecule has 0 aromatic carbocycles. The standard InChI is InChI=1S/C8H17NOS/c1-2-6-9-8(10)5-3-4-7-11/h11H,2-7H2,1H3,(H,9,10). The minimum absolute atomic E-state index is 0.175. The van der Waals surface area contributed by atoms with Gasteiger partial charge >= 0.3 is 0 Å². The first-order valence-electron chi connectivity index (χ1n) is 4.18. The van der Waals surface area contributed by atoms with Gasteiger partial charge in [-0.3, -0.25) is 4.79 Å². The highest BCUT2D eigenvalue weighted by atomic mass is 32.1. The van der Waals surface area contributed by atoms with E-state index in [0.29, 0.717) is 6.42 Å². The van der Waals surface area contributed by atoms with Crippen LogP contribution in [0.15, 0.2) is 0 Å². The summed E-state index contributed by atoms with van der Waals surface area (Å²) in [6, 6.07) is 0. The Morgan fingerprint density at radius 2 is 2.18 bits per heavy atom. The Hall–Kier alpha value is -0.180. The van der Waals surface area contributed by atoms with Gasteiger partial charge in [0.1, 0.15) is 0 Å². The highest BCUT2D eigenvalue weighted by Gasteiger charge is 1.97. The largest absolute Gasteiger partial charge is 0.356 e. The lowest BCUT2D eigenvalue weighted by Crippen LogP contribution is -2.23. The maximum Gasteiger partial charge on any atom is 0.219 e. The topological polar surface area (TPSA) is 29.1 Å². The van der Waals surface area contributed by atoms with Crippen LogP contribution in [-0.4, -0.2) is 18.2 Å². The third kappa shape index (κ3) is 7.72. The Bertz CT molecular complexity index is 106.